The Labute approximate surface area is 214 Å². The van der Waals surface area contributed by atoms with Gasteiger partial charge in [-0.2, -0.15) is 0 Å². The predicted molar refractivity (Wildman–Crippen MR) is 144 cm³/mol. The number of para-hydroxylation sites is 1. The predicted octanol–water partition coefficient (Wildman–Crippen LogP) is 5.66. The number of hydrogen-bond acceptors (Lipinski definition) is 3. The second-order valence-corrected chi connectivity index (χ2v) is 10.6. The third-order valence-corrected chi connectivity index (χ3v) is 8.31. The molecule has 0 spiro atoms. The van der Waals surface area contributed by atoms with Crippen molar-refractivity contribution in [2.75, 3.05) is 19.8 Å². The first-order valence-electron chi connectivity index (χ1n) is 13.6. The molecule has 2 aromatic carbocycles. The minimum absolute atomic E-state index is 0.0162. The number of rotatable bonds is 7. The fourth-order valence-corrected chi connectivity index (χ4v) is 6.23. The van der Waals surface area contributed by atoms with Gasteiger partial charge in [0.2, 0.25) is 5.91 Å². The van der Waals surface area contributed by atoms with Crippen LogP contribution in [-0.4, -0.2) is 35.1 Å². The molecule has 1 aliphatic heterocycles. The molecule has 3 aromatic rings. The van der Waals surface area contributed by atoms with E-state index in [-0.39, 0.29) is 23.3 Å². The Morgan fingerprint density at radius 1 is 0.972 bits per heavy atom. The van der Waals surface area contributed by atoms with Crippen molar-refractivity contribution in [1.82, 2.24) is 9.47 Å². The van der Waals surface area contributed by atoms with Crippen LogP contribution in [0.15, 0.2) is 65.5 Å². The molecule has 0 bridgehead atoms. The molecule has 2 heterocycles. The summed E-state index contributed by atoms with van der Waals surface area (Å²) in [5.74, 6) is 0.973. The van der Waals surface area contributed by atoms with Crippen LogP contribution in [0.25, 0.3) is 10.9 Å². The molecule has 36 heavy (non-hydrogen) atoms. The van der Waals surface area contributed by atoms with Crippen molar-refractivity contribution in [3.8, 4) is 0 Å². The van der Waals surface area contributed by atoms with Gasteiger partial charge in [-0.3, -0.25) is 9.59 Å². The number of pyridine rings is 1. The second kappa shape index (κ2) is 11.4. The number of nitrogens with zero attached hydrogens (tertiary/aromatic N) is 2. The quantitative estimate of drug-likeness (QED) is 0.433. The van der Waals surface area contributed by atoms with Crippen LogP contribution in [0.4, 0.5) is 0 Å². The van der Waals surface area contributed by atoms with E-state index in [1.165, 1.54) is 12.0 Å². The molecule has 1 saturated heterocycles. The molecule has 1 unspecified atom stereocenters. The summed E-state index contributed by atoms with van der Waals surface area (Å²) < 4.78 is 7.40. The maximum atomic E-state index is 14.0. The minimum atomic E-state index is -0.0162. The first-order valence-corrected chi connectivity index (χ1v) is 13.6. The van der Waals surface area contributed by atoms with E-state index < -0.39 is 0 Å². The summed E-state index contributed by atoms with van der Waals surface area (Å²) in [7, 11) is 1.83. The highest BCUT2D eigenvalue weighted by Gasteiger charge is 2.32. The van der Waals surface area contributed by atoms with Gasteiger partial charge in [0.15, 0.2) is 0 Å². The van der Waals surface area contributed by atoms with Gasteiger partial charge in [0.05, 0.1) is 12.1 Å². The summed E-state index contributed by atoms with van der Waals surface area (Å²) in [6.07, 6.45) is 7.36. The van der Waals surface area contributed by atoms with Crippen LogP contribution in [0.2, 0.25) is 0 Å². The minimum Gasteiger partial charge on any atom is -0.381 e. The van der Waals surface area contributed by atoms with E-state index in [2.05, 4.69) is 24.3 Å². The monoisotopic (exact) mass is 486 g/mol. The van der Waals surface area contributed by atoms with Crippen LogP contribution in [0.5, 0.6) is 0 Å². The highest BCUT2D eigenvalue weighted by Crippen LogP contribution is 2.34. The number of aromatic nitrogens is 1. The SMILES string of the molecule is Cn1c(=O)c(CN(CC(c2ccccc2)C2CCOCC2)C(=O)C2CCCCC2)cc2ccccc21. The molecule has 0 radical (unpaired) electrons. The van der Waals surface area contributed by atoms with Crippen molar-refractivity contribution in [3.05, 3.63) is 82.1 Å². The van der Waals surface area contributed by atoms with Gasteiger partial charge in [-0.25, -0.2) is 0 Å². The molecule has 1 saturated carbocycles. The molecule has 2 fully saturated rings. The number of amides is 1. The fourth-order valence-electron chi connectivity index (χ4n) is 6.23. The van der Waals surface area contributed by atoms with E-state index >= 15 is 0 Å². The topological polar surface area (TPSA) is 51.5 Å². The maximum Gasteiger partial charge on any atom is 0.255 e. The second-order valence-electron chi connectivity index (χ2n) is 10.6. The normalized spacial score (nSPS) is 18.2. The van der Waals surface area contributed by atoms with Crippen LogP contribution in [0.1, 0.15) is 62.0 Å². The summed E-state index contributed by atoms with van der Waals surface area (Å²) in [6, 6.07) is 20.6. The number of aryl methyl sites for hydroxylation is 1. The molecule has 0 N–H and O–H groups in total. The van der Waals surface area contributed by atoms with Crippen molar-refractivity contribution in [1.29, 1.82) is 0 Å². The van der Waals surface area contributed by atoms with Crippen LogP contribution in [0, 0.1) is 11.8 Å². The molecule has 2 aliphatic rings. The average molecular weight is 487 g/mol. The Kier molecular flexibility index (Phi) is 7.86. The lowest BCUT2D eigenvalue weighted by Crippen LogP contribution is -2.42. The zero-order valence-electron chi connectivity index (χ0n) is 21.4. The molecule has 5 heteroatoms. The molecule has 5 rings (SSSR count). The van der Waals surface area contributed by atoms with Crippen molar-refractivity contribution >= 4 is 16.8 Å². The fraction of sp³-hybridized carbons (Fsp3) is 0.484. The number of hydrogen-bond donors (Lipinski definition) is 0. The molecule has 1 aliphatic carbocycles. The van der Waals surface area contributed by atoms with Gasteiger partial charge < -0.3 is 14.2 Å². The molecular formula is C31H38N2O3. The highest BCUT2D eigenvalue weighted by atomic mass is 16.5. The largest absolute Gasteiger partial charge is 0.381 e. The molecule has 5 nitrogen and oxygen atoms in total. The van der Waals surface area contributed by atoms with Gasteiger partial charge in [-0.1, -0.05) is 67.8 Å². The van der Waals surface area contributed by atoms with E-state index in [0.717, 1.165) is 62.6 Å². The Balaban J connectivity index is 1.50. The van der Waals surface area contributed by atoms with Gasteiger partial charge in [0.25, 0.3) is 5.56 Å². The first kappa shape index (κ1) is 24.8. The number of carbonyl (C=O) groups is 1. The lowest BCUT2D eigenvalue weighted by molar-refractivity contribution is -0.137. The summed E-state index contributed by atoms with van der Waals surface area (Å²) >= 11 is 0. The Hall–Kier alpha value is -2.92. The number of ether oxygens (including phenoxy) is 1. The first-order chi connectivity index (χ1) is 17.6. The van der Waals surface area contributed by atoms with Crippen LogP contribution < -0.4 is 5.56 Å². The Morgan fingerprint density at radius 2 is 1.67 bits per heavy atom. The number of carbonyl (C=O) groups excluding carboxylic acids is 1. The summed E-state index contributed by atoms with van der Waals surface area (Å²) in [5, 5.41) is 1.03. The lowest BCUT2D eigenvalue weighted by Gasteiger charge is -2.37. The summed E-state index contributed by atoms with van der Waals surface area (Å²) in [4.78, 5) is 29.4. The summed E-state index contributed by atoms with van der Waals surface area (Å²) in [6.45, 7) is 2.55. The van der Waals surface area contributed by atoms with Crippen molar-refractivity contribution in [2.45, 2.75) is 57.4 Å². The van der Waals surface area contributed by atoms with Crippen LogP contribution >= 0.6 is 0 Å². The van der Waals surface area contributed by atoms with Gasteiger partial charge in [-0.05, 0) is 54.7 Å². The van der Waals surface area contributed by atoms with Gasteiger partial charge >= 0.3 is 0 Å². The highest BCUT2D eigenvalue weighted by molar-refractivity contribution is 5.81. The zero-order chi connectivity index (χ0) is 24.9. The van der Waals surface area contributed by atoms with E-state index in [4.69, 9.17) is 4.74 Å². The Bertz CT molecular complexity index is 1220. The van der Waals surface area contributed by atoms with Gasteiger partial charge in [-0.15, -0.1) is 0 Å². The van der Waals surface area contributed by atoms with E-state index in [9.17, 15) is 9.59 Å². The molecular weight excluding hydrogens is 448 g/mol. The van der Waals surface area contributed by atoms with E-state index in [0.29, 0.717) is 24.6 Å². The number of fused-ring (bicyclic) bond motifs is 1. The Morgan fingerprint density at radius 3 is 2.42 bits per heavy atom. The maximum absolute atomic E-state index is 14.0. The molecule has 1 atom stereocenters. The smallest absolute Gasteiger partial charge is 0.255 e. The van der Waals surface area contributed by atoms with Crippen molar-refractivity contribution in [3.63, 3.8) is 0 Å². The van der Waals surface area contributed by atoms with Crippen molar-refractivity contribution in [2.24, 2.45) is 18.9 Å². The van der Waals surface area contributed by atoms with E-state index in [1.807, 2.05) is 48.3 Å². The standard InChI is InChI=1S/C31H38N2O3/c1-32-29-15-9-8-14-26(29)20-27(30(32)34)21-33(31(35)25-12-6-3-7-13-25)22-28(23-10-4-2-5-11-23)24-16-18-36-19-17-24/h2,4-5,8-11,14-15,20,24-25,28H,3,6-7,12-13,16-19,21-22H2,1H3. The average Bonchev–Trinajstić information content (AvgIpc) is 2.94. The van der Waals surface area contributed by atoms with Gasteiger partial charge in [0, 0.05) is 44.2 Å². The zero-order valence-corrected chi connectivity index (χ0v) is 21.4. The van der Waals surface area contributed by atoms with Gasteiger partial charge in [0.1, 0.15) is 0 Å². The molecule has 1 amide bonds. The van der Waals surface area contributed by atoms with Crippen LogP contribution in [-0.2, 0) is 23.1 Å². The third-order valence-electron chi connectivity index (χ3n) is 8.31. The molecule has 190 valence electrons. The lowest BCUT2D eigenvalue weighted by atomic mass is 9.80. The van der Waals surface area contributed by atoms with E-state index in [1.54, 1.807) is 4.57 Å². The third kappa shape index (κ3) is 5.41. The van der Waals surface area contributed by atoms with Crippen LogP contribution in [0.3, 0.4) is 0 Å². The number of benzene rings is 2. The molecule has 1 aromatic heterocycles. The summed E-state index contributed by atoms with van der Waals surface area (Å²) in [5.41, 5.74) is 2.87. The van der Waals surface area contributed by atoms with Crippen molar-refractivity contribution < 1.29 is 9.53 Å².